The van der Waals surface area contributed by atoms with E-state index in [1.54, 1.807) is 25.2 Å². The maximum Gasteiger partial charge on any atom is 0.345 e. The lowest BCUT2D eigenvalue weighted by atomic mass is 10.0. The monoisotopic (exact) mass is 274 g/mol. The lowest BCUT2D eigenvalue weighted by Crippen LogP contribution is -2.39. The number of esters is 1. The Bertz CT molecular complexity index is 655. The Hall–Kier alpha value is -1.81. The van der Waals surface area contributed by atoms with Crippen molar-refractivity contribution >= 4 is 17.3 Å². The van der Waals surface area contributed by atoms with E-state index in [2.05, 4.69) is 0 Å². The number of ether oxygens (including phenoxy) is 2. The molecular weight excluding hydrogens is 260 g/mol. The number of aryl methyl sites for hydroxylation is 1. The van der Waals surface area contributed by atoms with Crippen LogP contribution in [0.2, 0.25) is 0 Å². The Kier molecular flexibility index (Phi) is 2.64. The van der Waals surface area contributed by atoms with Crippen LogP contribution in [0.5, 0.6) is 5.75 Å². The molecule has 4 heteroatoms. The first-order valence-electron chi connectivity index (χ1n) is 6.08. The average molecular weight is 274 g/mol. The zero-order valence-corrected chi connectivity index (χ0v) is 11.8. The number of benzene rings is 1. The molecule has 0 radical (unpaired) electrons. The van der Waals surface area contributed by atoms with Gasteiger partial charge in [0.15, 0.2) is 0 Å². The van der Waals surface area contributed by atoms with Crippen LogP contribution in [-0.2, 0) is 4.74 Å². The molecule has 0 atom stereocenters. The number of rotatable bonds is 1. The Morgan fingerprint density at radius 2 is 1.95 bits per heavy atom. The summed E-state index contributed by atoms with van der Waals surface area (Å²) in [6.07, 6.45) is 0. The van der Waals surface area contributed by atoms with Gasteiger partial charge in [-0.15, -0.1) is 11.3 Å². The molecule has 0 unspecified atom stereocenters. The van der Waals surface area contributed by atoms with Gasteiger partial charge in [-0.25, -0.2) is 4.79 Å². The van der Waals surface area contributed by atoms with Crippen LogP contribution < -0.4 is 4.74 Å². The van der Waals surface area contributed by atoms with Gasteiger partial charge in [-0.1, -0.05) is 12.1 Å². The summed E-state index contributed by atoms with van der Waals surface area (Å²) < 4.78 is 11.1. The van der Waals surface area contributed by atoms with Gasteiger partial charge in [0.05, 0.1) is 0 Å². The molecule has 0 aliphatic carbocycles. The van der Waals surface area contributed by atoms with Crippen molar-refractivity contribution in [2.24, 2.45) is 0 Å². The van der Waals surface area contributed by atoms with Crippen molar-refractivity contribution < 1.29 is 14.3 Å². The second kappa shape index (κ2) is 4.10. The molecule has 1 aromatic heterocycles. The first-order valence-corrected chi connectivity index (χ1v) is 6.96. The molecule has 0 N–H and O–H groups in total. The van der Waals surface area contributed by atoms with Crippen LogP contribution in [0.3, 0.4) is 0 Å². The maximum absolute atomic E-state index is 12.2. The topological polar surface area (TPSA) is 35.5 Å². The highest BCUT2D eigenvalue weighted by Gasteiger charge is 2.35. The average Bonchev–Trinajstić information content (AvgIpc) is 2.72. The van der Waals surface area contributed by atoms with Gasteiger partial charge in [0.1, 0.15) is 11.3 Å². The van der Waals surface area contributed by atoms with Gasteiger partial charge in [0.25, 0.3) is 0 Å². The van der Waals surface area contributed by atoms with E-state index in [0.717, 1.165) is 16.0 Å². The summed E-state index contributed by atoms with van der Waals surface area (Å²) in [5, 5.41) is 2.02. The van der Waals surface area contributed by atoms with Crippen LogP contribution in [0.25, 0.3) is 10.4 Å². The summed E-state index contributed by atoms with van der Waals surface area (Å²) in [5.41, 5.74) is 2.55. The minimum absolute atomic E-state index is 0.324. The van der Waals surface area contributed by atoms with Crippen molar-refractivity contribution in [2.75, 3.05) is 0 Å². The third kappa shape index (κ3) is 2.02. The van der Waals surface area contributed by atoms with Gasteiger partial charge >= 0.3 is 5.97 Å². The summed E-state index contributed by atoms with van der Waals surface area (Å²) in [6.45, 7) is 5.50. The number of thiophene rings is 1. The van der Waals surface area contributed by atoms with E-state index in [9.17, 15) is 4.79 Å². The highest BCUT2D eigenvalue weighted by atomic mass is 32.1. The van der Waals surface area contributed by atoms with Crippen molar-refractivity contribution in [1.29, 1.82) is 0 Å². The quantitative estimate of drug-likeness (QED) is 0.737. The summed E-state index contributed by atoms with van der Waals surface area (Å²) in [6, 6.07) is 7.69. The molecule has 98 valence electrons. The molecule has 2 aromatic rings. The normalized spacial score (nSPS) is 16.5. The molecule has 1 aromatic carbocycles. The minimum Gasteiger partial charge on any atom is -0.452 e. The van der Waals surface area contributed by atoms with Gasteiger partial charge in [-0.2, -0.15) is 0 Å². The van der Waals surface area contributed by atoms with Gasteiger partial charge in [0, 0.05) is 24.3 Å². The first-order chi connectivity index (χ1) is 8.98. The van der Waals surface area contributed by atoms with E-state index in [1.165, 1.54) is 0 Å². The number of carbonyl (C=O) groups excluding carboxylic acids is 1. The van der Waals surface area contributed by atoms with Crippen LogP contribution in [0.15, 0.2) is 29.6 Å². The molecule has 0 spiro atoms. The summed E-state index contributed by atoms with van der Waals surface area (Å²) in [7, 11) is 0. The Morgan fingerprint density at radius 1 is 1.16 bits per heavy atom. The van der Waals surface area contributed by atoms with Crippen LogP contribution in [0.1, 0.15) is 29.8 Å². The first kappa shape index (κ1) is 12.2. The van der Waals surface area contributed by atoms with Gasteiger partial charge in [-0.3, -0.25) is 0 Å². The Morgan fingerprint density at radius 3 is 2.63 bits per heavy atom. The number of cyclic esters (lactones) is 1. The van der Waals surface area contributed by atoms with Gasteiger partial charge in [0.2, 0.25) is 5.79 Å². The lowest BCUT2D eigenvalue weighted by molar-refractivity contribution is -0.127. The molecule has 19 heavy (non-hydrogen) atoms. The second-order valence-corrected chi connectivity index (χ2v) is 5.92. The molecule has 0 amide bonds. The summed E-state index contributed by atoms with van der Waals surface area (Å²) in [5.74, 6) is -0.645. The van der Waals surface area contributed by atoms with Crippen LogP contribution in [0.4, 0.5) is 0 Å². The standard InChI is InChI=1S/C15H14O3S/c1-9-7-8-19-13(9)10-5-4-6-11-12(10)14(16)18-15(2,3)17-11/h4-8H,1-3H3. The van der Waals surface area contributed by atoms with E-state index in [4.69, 9.17) is 9.47 Å². The minimum atomic E-state index is -0.910. The smallest absolute Gasteiger partial charge is 0.345 e. The third-order valence-corrected chi connectivity index (χ3v) is 4.08. The second-order valence-electron chi connectivity index (χ2n) is 5.00. The SMILES string of the molecule is Cc1ccsc1-c1cccc2c1C(=O)OC(C)(C)O2. The molecule has 0 fully saturated rings. The zero-order chi connectivity index (χ0) is 13.6. The fourth-order valence-corrected chi connectivity index (χ4v) is 3.18. The number of hydrogen-bond donors (Lipinski definition) is 0. The van der Waals surface area contributed by atoms with Crippen molar-refractivity contribution in [3.8, 4) is 16.2 Å². The lowest BCUT2D eigenvalue weighted by Gasteiger charge is -2.32. The van der Waals surface area contributed by atoms with E-state index in [0.29, 0.717) is 11.3 Å². The molecule has 3 nitrogen and oxygen atoms in total. The van der Waals surface area contributed by atoms with E-state index < -0.39 is 5.79 Å². The van der Waals surface area contributed by atoms with E-state index in [1.807, 2.05) is 36.6 Å². The molecule has 1 aliphatic heterocycles. The Balaban J connectivity index is 2.21. The van der Waals surface area contributed by atoms with Crippen LogP contribution in [0, 0.1) is 6.92 Å². The highest BCUT2D eigenvalue weighted by molar-refractivity contribution is 7.13. The maximum atomic E-state index is 12.2. The van der Waals surface area contributed by atoms with Gasteiger partial charge < -0.3 is 9.47 Å². The highest BCUT2D eigenvalue weighted by Crippen LogP contribution is 2.40. The van der Waals surface area contributed by atoms with E-state index in [-0.39, 0.29) is 5.97 Å². The van der Waals surface area contributed by atoms with Crippen LogP contribution >= 0.6 is 11.3 Å². The number of fused-ring (bicyclic) bond motifs is 1. The van der Waals surface area contributed by atoms with Crippen molar-refractivity contribution in [2.45, 2.75) is 26.6 Å². The van der Waals surface area contributed by atoms with Crippen LogP contribution in [-0.4, -0.2) is 11.8 Å². The van der Waals surface area contributed by atoms with Crippen molar-refractivity contribution in [3.63, 3.8) is 0 Å². The van der Waals surface area contributed by atoms with Crippen molar-refractivity contribution in [3.05, 3.63) is 40.8 Å². The number of hydrogen-bond acceptors (Lipinski definition) is 4. The van der Waals surface area contributed by atoms with E-state index >= 15 is 0 Å². The zero-order valence-electron chi connectivity index (χ0n) is 11.0. The van der Waals surface area contributed by atoms with Gasteiger partial charge in [-0.05, 0) is 30.0 Å². The third-order valence-electron chi connectivity index (χ3n) is 3.03. The molecule has 1 aliphatic rings. The fourth-order valence-electron chi connectivity index (χ4n) is 2.22. The predicted molar refractivity (Wildman–Crippen MR) is 74.6 cm³/mol. The van der Waals surface area contributed by atoms with Crippen molar-refractivity contribution in [1.82, 2.24) is 0 Å². The fraction of sp³-hybridized carbons (Fsp3) is 0.267. The molecule has 0 saturated carbocycles. The largest absolute Gasteiger partial charge is 0.452 e. The Labute approximate surface area is 115 Å². The molecule has 3 rings (SSSR count). The number of carbonyl (C=O) groups is 1. The summed E-state index contributed by atoms with van der Waals surface area (Å²) >= 11 is 1.61. The predicted octanol–water partition coefficient (Wildman–Crippen LogP) is 4.01. The molecule has 0 bridgehead atoms. The summed E-state index contributed by atoms with van der Waals surface area (Å²) in [4.78, 5) is 13.3. The molecular formula is C15H14O3S. The molecule has 2 heterocycles. The molecule has 0 saturated heterocycles.